The number of hydrogen-bond donors (Lipinski definition) is 0. The molecule has 0 amide bonds. The van der Waals surface area contributed by atoms with E-state index in [1.165, 1.54) is 31.4 Å². The first-order valence-electron chi connectivity index (χ1n) is 12.1. The van der Waals surface area contributed by atoms with E-state index >= 15 is 0 Å². The lowest BCUT2D eigenvalue weighted by molar-refractivity contribution is 0.323. The number of imidazole rings is 1. The van der Waals surface area contributed by atoms with Crippen LogP contribution in [0.3, 0.4) is 0 Å². The van der Waals surface area contributed by atoms with E-state index in [1.54, 1.807) is 0 Å². The molecular weight excluding hydrogens is 464 g/mol. The molecule has 1 aromatic heterocycles. The van der Waals surface area contributed by atoms with E-state index in [2.05, 4.69) is 10.6 Å². The summed E-state index contributed by atoms with van der Waals surface area (Å²) in [6, 6.07) is 17.9. The standard InChI is InChI=1S/C29H26ClF2N3/c30-23-12-13-24(22(14-23)11-10-19-6-8-20(17-33)9-7-19)29-34-27-15-25(31)26(32)16-28(27)35(29)18-21-4-2-1-3-5-21/h6-9,12-16,21H,1-5,10-11,18H2. The molecule has 178 valence electrons. The number of halogens is 3. The van der Waals surface area contributed by atoms with Crippen LogP contribution in [0.2, 0.25) is 5.02 Å². The number of nitrogens with zero attached hydrogens (tertiary/aromatic N) is 3. The number of fused-ring (bicyclic) bond motifs is 1. The summed E-state index contributed by atoms with van der Waals surface area (Å²) in [6.45, 7) is 0.731. The van der Waals surface area contributed by atoms with Crippen molar-refractivity contribution in [2.75, 3.05) is 0 Å². The Balaban J connectivity index is 1.55. The number of rotatable bonds is 6. The van der Waals surface area contributed by atoms with Crippen LogP contribution in [0, 0.1) is 28.9 Å². The maximum absolute atomic E-state index is 14.3. The molecule has 1 heterocycles. The first-order valence-corrected chi connectivity index (χ1v) is 12.5. The largest absolute Gasteiger partial charge is 0.324 e. The zero-order valence-corrected chi connectivity index (χ0v) is 20.2. The van der Waals surface area contributed by atoms with Crippen molar-refractivity contribution in [1.82, 2.24) is 9.55 Å². The Kier molecular flexibility index (Phi) is 6.83. The van der Waals surface area contributed by atoms with Crippen LogP contribution < -0.4 is 0 Å². The molecule has 0 saturated heterocycles. The van der Waals surface area contributed by atoms with Gasteiger partial charge in [0.2, 0.25) is 0 Å². The second kappa shape index (κ2) is 10.2. The maximum Gasteiger partial charge on any atom is 0.161 e. The van der Waals surface area contributed by atoms with Gasteiger partial charge in [-0.1, -0.05) is 43.0 Å². The minimum atomic E-state index is -0.886. The van der Waals surface area contributed by atoms with Gasteiger partial charge in [0, 0.05) is 29.3 Å². The Bertz CT molecular complexity index is 1400. The van der Waals surface area contributed by atoms with Gasteiger partial charge in [-0.15, -0.1) is 0 Å². The number of hydrogen-bond acceptors (Lipinski definition) is 2. The first kappa shape index (κ1) is 23.5. The molecule has 0 radical (unpaired) electrons. The molecule has 3 nitrogen and oxygen atoms in total. The minimum absolute atomic E-state index is 0.461. The minimum Gasteiger partial charge on any atom is -0.324 e. The lowest BCUT2D eigenvalue weighted by atomic mass is 9.89. The van der Waals surface area contributed by atoms with Gasteiger partial charge in [-0.3, -0.25) is 0 Å². The summed E-state index contributed by atoms with van der Waals surface area (Å²) in [6.07, 6.45) is 7.41. The van der Waals surface area contributed by atoms with Crippen molar-refractivity contribution >= 4 is 22.6 Å². The molecule has 0 N–H and O–H groups in total. The zero-order valence-electron chi connectivity index (χ0n) is 19.4. The maximum atomic E-state index is 14.3. The molecule has 0 aliphatic heterocycles. The Labute approximate surface area is 209 Å². The molecule has 0 atom stereocenters. The van der Waals surface area contributed by atoms with Crippen LogP contribution >= 0.6 is 11.6 Å². The van der Waals surface area contributed by atoms with Crippen molar-refractivity contribution in [3.05, 3.63) is 87.9 Å². The molecule has 5 rings (SSSR count). The van der Waals surface area contributed by atoms with Gasteiger partial charge in [0.05, 0.1) is 22.7 Å². The normalized spacial score (nSPS) is 14.3. The Morgan fingerprint density at radius 2 is 1.69 bits per heavy atom. The van der Waals surface area contributed by atoms with E-state index in [-0.39, 0.29) is 0 Å². The topological polar surface area (TPSA) is 41.6 Å². The number of nitriles is 1. The SMILES string of the molecule is N#Cc1ccc(CCc2cc(Cl)ccc2-c2nc3cc(F)c(F)cc3n2CC2CCCCC2)cc1. The van der Waals surface area contributed by atoms with E-state index in [0.29, 0.717) is 27.5 Å². The van der Waals surface area contributed by atoms with E-state index < -0.39 is 11.6 Å². The number of aromatic nitrogens is 2. The zero-order chi connectivity index (χ0) is 24.4. The van der Waals surface area contributed by atoms with Gasteiger partial charge in [-0.05, 0) is 73.1 Å². The molecule has 1 aliphatic carbocycles. The van der Waals surface area contributed by atoms with Crippen molar-refractivity contribution in [1.29, 1.82) is 5.26 Å². The molecular formula is C29H26ClF2N3. The quantitative estimate of drug-likeness (QED) is 0.276. The second-order valence-electron chi connectivity index (χ2n) is 9.42. The lowest BCUT2D eigenvalue weighted by Gasteiger charge is -2.23. The Morgan fingerprint density at radius 3 is 2.43 bits per heavy atom. The van der Waals surface area contributed by atoms with Gasteiger partial charge in [0.1, 0.15) is 5.82 Å². The molecule has 0 bridgehead atoms. The lowest BCUT2D eigenvalue weighted by Crippen LogP contribution is -2.15. The number of benzene rings is 3. The van der Waals surface area contributed by atoms with Crippen molar-refractivity contribution in [2.24, 2.45) is 5.92 Å². The van der Waals surface area contributed by atoms with Gasteiger partial charge in [-0.2, -0.15) is 5.26 Å². The third kappa shape index (κ3) is 5.09. The summed E-state index contributed by atoms with van der Waals surface area (Å²) in [5.41, 5.74) is 4.79. The van der Waals surface area contributed by atoms with Crippen LogP contribution in [-0.4, -0.2) is 9.55 Å². The molecule has 0 unspecified atom stereocenters. The van der Waals surface area contributed by atoms with Crippen LogP contribution in [0.4, 0.5) is 8.78 Å². The second-order valence-corrected chi connectivity index (χ2v) is 9.85. The van der Waals surface area contributed by atoms with Crippen molar-refractivity contribution in [3.8, 4) is 17.5 Å². The van der Waals surface area contributed by atoms with Crippen LogP contribution in [-0.2, 0) is 19.4 Å². The highest BCUT2D eigenvalue weighted by Gasteiger charge is 2.22. The Hall–Kier alpha value is -3.23. The highest BCUT2D eigenvalue weighted by atomic mass is 35.5. The first-order chi connectivity index (χ1) is 17.0. The summed E-state index contributed by atoms with van der Waals surface area (Å²) in [4.78, 5) is 4.80. The fraction of sp³-hybridized carbons (Fsp3) is 0.310. The van der Waals surface area contributed by atoms with Crippen molar-refractivity contribution < 1.29 is 8.78 Å². The molecule has 4 aromatic rings. The average molecular weight is 490 g/mol. The molecule has 1 aliphatic rings. The Morgan fingerprint density at radius 1 is 0.943 bits per heavy atom. The third-order valence-corrected chi connectivity index (χ3v) is 7.27. The highest BCUT2D eigenvalue weighted by Crippen LogP contribution is 2.34. The van der Waals surface area contributed by atoms with Crippen LogP contribution in [0.5, 0.6) is 0 Å². The molecule has 6 heteroatoms. The average Bonchev–Trinajstić information content (AvgIpc) is 3.20. The molecule has 35 heavy (non-hydrogen) atoms. The predicted octanol–water partition coefficient (Wildman–Crippen LogP) is 7.87. The summed E-state index contributed by atoms with van der Waals surface area (Å²) >= 11 is 6.38. The highest BCUT2D eigenvalue weighted by molar-refractivity contribution is 6.30. The fourth-order valence-corrected chi connectivity index (χ4v) is 5.35. The van der Waals surface area contributed by atoms with Crippen molar-refractivity contribution in [2.45, 2.75) is 51.5 Å². The number of aryl methyl sites for hydroxylation is 2. The summed E-state index contributed by atoms with van der Waals surface area (Å²) in [5.74, 6) is -0.529. The van der Waals surface area contributed by atoms with Gasteiger partial charge in [0.25, 0.3) is 0 Å². The van der Waals surface area contributed by atoms with E-state index in [0.717, 1.165) is 54.7 Å². The van der Waals surface area contributed by atoms with Gasteiger partial charge >= 0.3 is 0 Å². The van der Waals surface area contributed by atoms with E-state index in [1.807, 2.05) is 42.5 Å². The summed E-state index contributed by atoms with van der Waals surface area (Å²) in [7, 11) is 0. The predicted molar refractivity (Wildman–Crippen MR) is 135 cm³/mol. The van der Waals surface area contributed by atoms with Crippen LogP contribution in [0.25, 0.3) is 22.4 Å². The molecule has 0 spiro atoms. The van der Waals surface area contributed by atoms with Crippen LogP contribution in [0.15, 0.2) is 54.6 Å². The molecule has 3 aromatic carbocycles. The summed E-state index contributed by atoms with van der Waals surface area (Å²) < 4.78 is 30.4. The van der Waals surface area contributed by atoms with Gasteiger partial charge < -0.3 is 4.57 Å². The van der Waals surface area contributed by atoms with E-state index in [4.69, 9.17) is 21.8 Å². The summed E-state index contributed by atoms with van der Waals surface area (Å²) in [5, 5.41) is 9.68. The van der Waals surface area contributed by atoms with Gasteiger partial charge in [-0.25, -0.2) is 13.8 Å². The third-order valence-electron chi connectivity index (χ3n) is 7.03. The molecule has 1 fully saturated rings. The smallest absolute Gasteiger partial charge is 0.161 e. The van der Waals surface area contributed by atoms with Crippen molar-refractivity contribution in [3.63, 3.8) is 0 Å². The monoisotopic (exact) mass is 489 g/mol. The van der Waals surface area contributed by atoms with E-state index in [9.17, 15) is 8.78 Å². The fourth-order valence-electron chi connectivity index (χ4n) is 5.15. The van der Waals surface area contributed by atoms with Crippen LogP contribution in [0.1, 0.15) is 48.8 Å². The molecule has 1 saturated carbocycles. The van der Waals surface area contributed by atoms with Gasteiger partial charge in [0.15, 0.2) is 11.6 Å².